The van der Waals surface area contributed by atoms with Crippen molar-refractivity contribution in [3.63, 3.8) is 0 Å². The molecule has 1 aromatic carbocycles. The van der Waals surface area contributed by atoms with Crippen LogP contribution in [0, 0.1) is 17.2 Å². The number of hydrogen-bond donors (Lipinski definition) is 3. The lowest BCUT2D eigenvalue weighted by Crippen LogP contribution is -2.62. The number of piperidine rings is 1. The van der Waals surface area contributed by atoms with E-state index in [4.69, 9.17) is 9.47 Å². The van der Waals surface area contributed by atoms with E-state index in [0.717, 1.165) is 55.8 Å². The summed E-state index contributed by atoms with van der Waals surface area (Å²) in [4.78, 5) is 27.0. The van der Waals surface area contributed by atoms with Crippen molar-refractivity contribution in [1.82, 2.24) is 29.2 Å². The second-order valence-corrected chi connectivity index (χ2v) is 16.0. The van der Waals surface area contributed by atoms with E-state index in [1.165, 1.54) is 18.6 Å². The zero-order valence-electron chi connectivity index (χ0n) is 28.4. The van der Waals surface area contributed by atoms with Crippen LogP contribution in [0.1, 0.15) is 62.7 Å². The SMILES string of the molecule is CC(C)N(CC(F)F)C(=O)c1cc(F)ccc1Oc1cncnc1N1CC2(CCN(C[C@@]3(O)CC[C@@H](NS(=O)(=O)NCC4CC4)CO3)CC2)C1. The second-order valence-electron chi connectivity index (χ2n) is 14.4. The third-order valence-corrected chi connectivity index (χ3v) is 11.2. The molecule has 4 heterocycles. The maximum atomic E-state index is 14.3. The third kappa shape index (κ3) is 9.03. The minimum absolute atomic E-state index is 0.00717. The number of aliphatic hydroxyl groups is 1. The van der Waals surface area contributed by atoms with E-state index < -0.39 is 52.8 Å². The molecule has 1 aromatic heterocycles. The highest BCUT2D eigenvalue weighted by atomic mass is 32.2. The molecule has 276 valence electrons. The van der Waals surface area contributed by atoms with Crippen LogP contribution in [0.15, 0.2) is 30.7 Å². The van der Waals surface area contributed by atoms with Crippen molar-refractivity contribution < 1.29 is 41.0 Å². The highest BCUT2D eigenvalue weighted by Crippen LogP contribution is 2.45. The zero-order valence-corrected chi connectivity index (χ0v) is 29.2. The highest BCUT2D eigenvalue weighted by molar-refractivity contribution is 7.87. The average molecular weight is 726 g/mol. The van der Waals surface area contributed by atoms with E-state index in [-0.39, 0.29) is 29.1 Å². The lowest BCUT2D eigenvalue weighted by Gasteiger charge is -2.55. The van der Waals surface area contributed by atoms with Gasteiger partial charge in [-0.2, -0.15) is 13.1 Å². The molecule has 3 N–H and O–H groups in total. The molecule has 1 aliphatic carbocycles. The van der Waals surface area contributed by atoms with Crippen LogP contribution in [0.5, 0.6) is 11.5 Å². The number of likely N-dealkylation sites (tertiary alicyclic amines) is 1. The summed E-state index contributed by atoms with van der Waals surface area (Å²) in [5.41, 5.74) is -0.154. The molecule has 1 amide bonds. The fourth-order valence-corrected chi connectivity index (χ4v) is 8.10. The topological polar surface area (TPSA) is 149 Å². The fraction of sp³-hybridized carbons (Fsp3) is 0.667. The number of amides is 1. The number of β-amino-alcohol motifs (C(OH)–C–C–N with tert-alkyl or cyclic N) is 1. The first-order valence-corrected chi connectivity index (χ1v) is 18.7. The van der Waals surface area contributed by atoms with Crippen LogP contribution in [0.4, 0.5) is 19.0 Å². The Kier molecular flexibility index (Phi) is 10.9. The standard InChI is InChI=1S/C33H46F3N7O6S/c1-22(2)43(16-29(35)36)31(44)26-13-24(34)5-6-27(26)49-28-15-37-21-38-30(28)42-18-32(19-42)9-11-41(12-10-32)20-33(45)8-7-25(17-48-33)40-50(46,47)39-14-23-3-4-23/h5-6,13,15,21-23,25,29,39-40,45H,3-4,7-12,14,16-20H2,1-2H3/t25-,33-/m1/s1. The predicted molar refractivity (Wildman–Crippen MR) is 178 cm³/mol. The van der Waals surface area contributed by atoms with Gasteiger partial charge in [-0.3, -0.25) is 9.69 Å². The number of aromatic nitrogens is 2. The van der Waals surface area contributed by atoms with Gasteiger partial charge in [0.25, 0.3) is 22.5 Å². The molecule has 4 fully saturated rings. The summed E-state index contributed by atoms with van der Waals surface area (Å²) in [6, 6.07) is 2.46. The van der Waals surface area contributed by atoms with Gasteiger partial charge in [-0.05, 0) is 83.2 Å². The molecule has 0 unspecified atom stereocenters. The number of anilines is 1. The Bertz CT molecular complexity index is 1610. The van der Waals surface area contributed by atoms with Crippen molar-refractivity contribution in [3.05, 3.63) is 42.1 Å². The largest absolute Gasteiger partial charge is 0.451 e. The summed E-state index contributed by atoms with van der Waals surface area (Å²) in [7, 11) is -3.61. The van der Waals surface area contributed by atoms with Gasteiger partial charge in [0.2, 0.25) is 0 Å². The van der Waals surface area contributed by atoms with Gasteiger partial charge in [0, 0.05) is 43.6 Å². The smallest absolute Gasteiger partial charge is 0.277 e. The molecule has 0 radical (unpaired) electrons. The number of alkyl halides is 2. The van der Waals surface area contributed by atoms with Crippen molar-refractivity contribution in [2.75, 3.05) is 57.3 Å². The summed E-state index contributed by atoms with van der Waals surface area (Å²) < 4.78 is 82.6. The molecule has 3 saturated heterocycles. The molecule has 0 bridgehead atoms. The van der Waals surface area contributed by atoms with Crippen LogP contribution < -0.4 is 19.1 Å². The Morgan fingerprint density at radius 1 is 1.16 bits per heavy atom. The minimum Gasteiger partial charge on any atom is -0.451 e. The molecule has 2 aromatic rings. The number of carbonyl (C=O) groups is 1. The van der Waals surface area contributed by atoms with Gasteiger partial charge in [0.05, 0.1) is 31.5 Å². The Labute approximate surface area is 290 Å². The Morgan fingerprint density at radius 3 is 2.54 bits per heavy atom. The molecule has 2 atom stereocenters. The van der Waals surface area contributed by atoms with Crippen molar-refractivity contribution in [1.29, 1.82) is 0 Å². The van der Waals surface area contributed by atoms with E-state index >= 15 is 0 Å². The molecule has 13 nitrogen and oxygen atoms in total. The molecular weight excluding hydrogens is 679 g/mol. The molecule has 50 heavy (non-hydrogen) atoms. The highest BCUT2D eigenvalue weighted by Gasteiger charge is 2.47. The fourth-order valence-electron chi connectivity index (χ4n) is 6.93. The number of hydrogen-bond acceptors (Lipinski definition) is 10. The van der Waals surface area contributed by atoms with Gasteiger partial charge < -0.3 is 24.4 Å². The first kappa shape index (κ1) is 36.7. The number of rotatable bonds is 14. The molecule has 4 aliphatic rings. The van der Waals surface area contributed by atoms with Crippen molar-refractivity contribution in [2.24, 2.45) is 11.3 Å². The maximum absolute atomic E-state index is 14.3. The Balaban J connectivity index is 1.01. The summed E-state index contributed by atoms with van der Waals surface area (Å²) in [6.07, 6.45) is 4.73. The van der Waals surface area contributed by atoms with E-state index in [1.54, 1.807) is 13.8 Å². The van der Waals surface area contributed by atoms with Crippen LogP contribution in [-0.4, -0.2) is 116 Å². The van der Waals surface area contributed by atoms with Gasteiger partial charge in [0.15, 0.2) is 17.4 Å². The zero-order chi connectivity index (χ0) is 35.7. The lowest BCUT2D eigenvalue weighted by molar-refractivity contribution is -0.239. The summed E-state index contributed by atoms with van der Waals surface area (Å²) >= 11 is 0. The molecule has 6 rings (SSSR count). The number of nitrogens with one attached hydrogen (secondary N) is 2. The van der Waals surface area contributed by atoms with Crippen LogP contribution in [0.25, 0.3) is 0 Å². The molecule has 1 spiro atoms. The molecule has 3 aliphatic heterocycles. The first-order chi connectivity index (χ1) is 23.7. The van der Waals surface area contributed by atoms with E-state index in [2.05, 4.69) is 24.3 Å². The van der Waals surface area contributed by atoms with Crippen molar-refractivity contribution >= 4 is 21.9 Å². The van der Waals surface area contributed by atoms with Gasteiger partial charge in [-0.25, -0.2) is 27.9 Å². The van der Waals surface area contributed by atoms with Crippen LogP contribution in [-0.2, 0) is 14.9 Å². The van der Waals surface area contributed by atoms with E-state index in [9.17, 15) is 31.5 Å². The van der Waals surface area contributed by atoms with E-state index in [1.807, 2.05) is 4.90 Å². The summed E-state index contributed by atoms with van der Waals surface area (Å²) in [5.74, 6) is -1.63. The van der Waals surface area contributed by atoms with Gasteiger partial charge in [-0.1, -0.05) is 0 Å². The molecule has 1 saturated carbocycles. The number of benzene rings is 1. The number of carbonyl (C=O) groups excluding carboxylic acids is 1. The monoisotopic (exact) mass is 725 g/mol. The molecule has 17 heteroatoms. The Morgan fingerprint density at radius 2 is 1.90 bits per heavy atom. The normalized spacial score (nSPS) is 24.1. The average Bonchev–Trinajstić information content (AvgIpc) is 3.89. The maximum Gasteiger partial charge on any atom is 0.277 e. The van der Waals surface area contributed by atoms with E-state index in [0.29, 0.717) is 50.8 Å². The second kappa shape index (κ2) is 14.9. The van der Waals surface area contributed by atoms with Crippen LogP contribution in [0.2, 0.25) is 0 Å². The van der Waals surface area contributed by atoms with Crippen molar-refractivity contribution in [2.45, 2.75) is 76.7 Å². The molecular formula is C33H46F3N7O6S. The predicted octanol–water partition coefficient (Wildman–Crippen LogP) is 3.13. The summed E-state index contributed by atoms with van der Waals surface area (Å²) in [6.45, 7) is 6.17. The van der Waals surface area contributed by atoms with Gasteiger partial charge in [-0.15, -0.1) is 0 Å². The van der Waals surface area contributed by atoms with Crippen LogP contribution >= 0.6 is 0 Å². The van der Waals surface area contributed by atoms with Crippen LogP contribution in [0.3, 0.4) is 0 Å². The minimum atomic E-state index is -3.61. The third-order valence-electron chi connectivity index (χ3n) is 10.0. The van der Waals surface area contributed by atoms with Gasteiger partial charge >= 0.3 is 0 Å². The Hall–Kier alpha value is -3.09. The number of nitrogens with zero attached hydrogens (tertiary/aromatic N) is 5. The number of halogens is 3. The number of ether oxygens (including phenoxy) is 2. The quantitative estimate of drug-likeness (QED) is 0.265. The van der Waals surface area contributed by atoms with Crippen molar-refractivity contribution in [3.8, 4) is 11.5 Å². The summed E-state index contributed by atoms with van der Waals surface area (Å²) in [5, 5.41) is 11.2. The lowest BCUT2D eigenvalue weighted by atomic mass is 9.72. The van der Waals surface area contributed by atoms with Gasteiger partial charge in [0.1, 0.15) is 17.9 Å². The first-order valence-electron chi connectivity index (χ1n) is 17.2.